The van der Waals surface area contributed by atoms with Gasteiger partial charge < -0.3 is 0 Å². The summed E-state index contributed by atoms with van der Waals surface area (Å²) in [7, 11) is 0. The molecule has 5 heteroatoms. The van der Waals surface area contributed by atoms with Crippen molar-refractivity contribution in [1.82, 2.24) is 0 Å². The summed E-state index contributed by atoms with van der Waals surface area (Å²) < 4.78 is 26.7. The molecule has 0 aliphatic heterocycles. The third-order valence-electron chi connectivity index (χ3n) is 1.93. The van der Waals surface area contributed by atoms with Gasteiger partial charge in [-0.2, -0.15) is 0 Å². The molecule has 0 fully saturated rings. The van der Waals surface area contributed by atoms with Crippen LogP contribution in [0.4, 0.5) is 8.78 Å². The van der Waals surface area contributed by atoms with Gasteiger partial charge in [0.05, 0.1) is 0 Å². The van der Waals surface area contributed by atoms with Gasteiger partial charge in [0.1, 0.15) is 0 Å². The lowest BCUT2D eigenvalue weighted by Crippen LogP contribution is -1.87. The Kier molecular flexibility index (Phi) is 2.81. The van der Waals surface area contributed by atoms with Gasteiger partial charge in [-0.25, -0.2) is 8.78 Å². The number of alkyl halides is 2. The van der Waals surface area contributed by atoms with E-state index in [9.17, 15) is 8.78 Å². The molecule has 0 aliphatic carbocycles. The zero-order valence-corrected chi connectivity index (χ0v) is 10.1. The topological polar surface area (TPSA) is 0 Å². The first-order chi connectivity index (χ1) is 6.61. The molecule has 0 N–H and O–H groups in total. The molecule has 2 aromatic rings. The van der Waals surface area contributed by atoms with Crippen LogP contribution in [0.15, 0.2) is 26.9 Å². The minimum Gasteiger partial charge on any atom is -0.205 e. The molecule has 74 valence electrons. The van der Waals surface area contributed by atoms with Crippen molar-refractivity contribution in [2.75, 3.05) is 0 Å². The first kappa shape index (κ1) is 10.4. The van der Waals surface area contributed by atoms with Gasteiger partial charge in [-0.05, 0) is 17.5 Å². The molecule has 0 saturated heterocycles. The summed E-state index contributed by atoms with van der Waals surface area (Å²) in [6.45, 7) is 0. The molecule has 0 spiro atoms. The van der Waals surface area contributed by atoms with E-state index in [1.165, 1.54) is 17.4 Å². The average Bonchev–Trinajstić information content (AvgIpc) is 2.59. The number of thiol groups is 1. The Morgan fingerprint density at radius 3 is 2.79 bits per heavy atom. The maximum Gasteiger partial charge on any atom is 0.265 e. The predicted molar refractivity (Wildman–Crippen MR) is 61.7 cm³/mol. The summed E-state index contributed by atoms with van der Waals surface area (Å²) in [6.07, 6.45) is -2.48. The Bertz CT molecular complexity index is 479. The van der Waals surface area contributed by atoms with Crippen molar-refractivity contribution in [1.29, 1.82) is 0 Å². The summed E-state index contributed by atoms with van der Waals surface area (Å²) in [5, 5.41) is 2.80. The monoisotopic (exact) mass is 294 g/mol. The van der Waals surface area contributed by atoms with Crippen LogP contribution in [0, 0.1) is 0 Å². The van der Waals surface area contributed by atoms with Crippen molar-refractivity contribution in [3.63, 3.8) is 0 Å². The fraction of sp³-hybridized carbons (Fsp3) is 0.111. The summed E-state index contributed by atoms with van der Waals surface area (Å²) >= 11 is 8.81. The number of rotatable bonds is 1. The van der Waals surface area contributed by atoms with E-state index < -0.39 is 6.43 Å². The molecule has 1 aromatic carbocycles. The molecule has 0 bridgehead atoms. The summed E-state index contributed by atoms with van der Waals surface area (Å²) in [4.78, 5) is 0.383. The van der Waals surface area contributed by atoms with Crippen LogP contribution in [-0.4, -0.2) is 0 Å². The Hall–Kier alpha value is -0.130. The van der Waals surface area contributed by atoms with Crippen LogP contribution >= 0.6 is 39.9 Å². The van der Waals surface area contributed by atoms with E-state index in [-0.39, 0.29) is 5.56 Å². The lowest BCUT2D eigenvalue weighted by Gasteiger charge is -2.06. The Labute approximate surface area is 97.5 Å². The molecule has 0 atom stereocenters. The van der Waals surface area contributed by atoms with Crippen molar-refractivity contribution in [2.24, 2.45) is 0 Å². The molecular weight excluding hydrogens is 290 g/mol. The molecule has 0 radical (unpaired) electrons. The molecule has 0 aliphatic rings. The number of halogens is 3. The maximum atomic E-state index is 12.6. The maximum absolute atomic E-state index is 12.6. The van der Waals surface area contributed by atoms with E-state index >= 15 is 0 Å². The van der Waals surface area contributed by atoms with Crippen LogP contribution in [0.2, 0.25) is 0 Å². The van der Waals surface area contributed by atoms with E-state index in [1.54, 1.807) is 0 Å². The van der Waals surface area contributed by atoms with Gasteiger partial charge in [0.25, 0.3) is 6.43 Å². The SMILES string of the molecule is FC(F)c1cc(Br)c2ccsc2c1S. The largest absolute Gasteiger partial charge is 0.265 e. The van der Waals surface area contributed by atoms with Crippen LogP contribution in [0.3, 0.4) is 0 Å². The van der Waals surface area contributed by atoms with Crippen LogP contribution in [-0.2, 0) is 0 Å². The highest BCUT2D eigenvalue weighted by atomic mass is 79.9. The third kappa shape index (κ3) is 1.57. The fourth-order valence-corrected chi connectivity index (χ4v) is 3.28. The second kappa shape index (κ2) is 3.79. The predicted octanol–water partition coefficient (Wildman–Crippen LogP) is 4.89. The highest BCUT2D eigenvalue weighted by Gasteiger charge is 2.16. The Morgan fingerprint density at radius 1 is 1.43 bits per heavy atom. The Morgan fingerprint density at radius 2 is 2.14 bits per heavy atom. The van der Waals surface area contributed by atoms with Crippen molar-refractivity contribution in [3.05, 3.63) is 27.5 Å². The number of hydrogen-bond donors (Lipinski definition) is 1. The molecule has 1 heterocycles. The van der Waals surface area contributed by atoms with Crippen LogP contribution in [0.5, 0.6) is 0 Å². The minimum absolute atomic E-state index is 0.0184. The van der Waals surface area contributed by atoms with E-state index in [0.717, 1.165) is 10.1 Å². The van der Waals surface area contributed by atoms with Crippen molar-refractivity contribution in [3.8, 4) is 0 Å². The van der Waals surface area contributed by atoms with Gasteiger partial charge in [-0.1, -0.05) is 15.9 Å². The quantitative estimate of drug-likeness (QED) is 0.711. The zero-order chi connectivity index (χ0) is 10.3. The molecule has 0 saturated carbocycles. The van der Waals surface area contributed by atoms with E-state index in [1.807, 2.05) is 11.4 Å². The highest BCUT2D eigenvalue weighted by molar-refractivity contribution is 9.10. The van der Waals surface area contributed by atoms with Crippen LogP contribution < -0.4 is 0 Å². The number of fused-ring (bicyclic) bond motifs is 1. The smallest absolute Gasteiger partial charge is 0.205 e. The first-order valence-electron chi connectivity index (χ1n) is 3.78. The summed E-state index contributed by atoms with van der Waals surface area (Å²) in [5.41, 5.74) is -0.0184. The van der Waals surface area contributed by atoms with E-state index in [0.29, 0.717) is 9.37 Å². The van der Waals surface area contributed by atoms with Crippen molar-refractivity contribution < 1.29 is 8.78 Å². The van der Waals surface area contributed by atoms with Crippen molar-refractivity contribution >= 4 is 50.0 Å². The normalized spacial score (nSPS) is 11.5. The van der Waals surface area contributed by atoms with Gasteiger partial charge in [0, 0.05) is 25.0 Å². The lowest BCUT2D eigenvalue weighted by atomic mass is 10.2. The minimum atomic E-state index is -2.48. The van der Waals surface area contributed by atoms with Crippen molar-refractivity contribution in [2.45, 2.75) is 11.3 Å². The summed E-state index contributed by atoms with van der Waals surface area (Å²) in [5.74, 6) is 0. The molecular formula is C9H5BrF2S2. The Balaban J connectivity index is 2.82. The van der Waals surface area contributed by atoms with Gasteiger partial charge >= 0.3 is 0 Å². The van der Waals surface area contributed by atoms with Crippen LogP contribution in [0.25, 0.3) is 10.1 Å². The van der Waals surface area contributed by atoms with Crippen LogP contribution in [0.1, 0.15) is 12.0 Å². The zero-order valence-electron chi connectivity index (χ0n) is 6.80. The molecule has 0 nitrogen and oxygen atoms in total. The lowest BCUT2D eigenvalue weighted by molar-refractivity contribution is 0.148. The molecule has 0 amide bonds. The second-order valence-corrected chi connectivity index (χ2v) is 4.98. The van der Waals surface area contributed by atoms with E-state index in [4.69, 9.17) is 0 Å². The van der Waals surface area contributed by atoms with Gasteiger partial charge in [-0.3, -0.25) is 0 Å². The molecule has 1 aromatic heterocycles. The second-order valence-electron chi connectivity index (χ2n) is 2.76. The van der Waals surface area contributed by atoms with Gasteiger partial charge in [-0.15, -0.1) is 24.0 Å². The summed E-state index contributed by atoms with van der Waals surface area (Å²) in [6, 6.07) is 3.32. The fourth-order valence-electron chi connectivity index (χ4n) is 1.26. The molecule has 0 unspecified atom stereocenters. The number of benzene rings is 1. The van der Waals surface area contributed by atoms with E-state index in [2.05, 4.69) is 28.6 Å². The standard InChI is InChI=1S/C9H5BrF2S2/c10-6-3-5(9(11)12)7(13)8-4(6)1-2-14-8/h1-3,9,13H. The number of hydrogen-bond acceptors (Lipinski definition) is 2. The molecule has 2 rings (SSSR count). The van der Waals surface area contributed by atoms with Gasteiger partial charge in [0.2, 0.25) is 0 Å². The third-order valence-corrected chi connectivity index (χ3v) is 4.15. The number of thiophene rings is 1. The average molecular weight is 295 g/mol. The van der Waals surface area contributed by atoms with Gasteiger partial charge in [0.15, 0.2) is 0 Å². The first-order valence-corrected chi connectivity index (χ1v) is 5.90. The molecule has 14 heavy (non-hydrogen) atoms. The highest BCUT2D eigenvalue weighted by Crippen LogP contribution is 2.39.